The number of benzene rings is 3. The second kappa shape index (κ2) is 13.1. The van der Waals surface area contributed by atoms with E-state index in [4.69, 9.17) is 0 Å². The summed E-state index contributed by atoms with van der Waals surface area (Å²) < 4.78 is 42.6. The van der Waals surface area contributed by atoms with E-state index >= 15 is 0 Å². The number of amides is 2. The molecule has 1 aromatic heterocycles. The number of thioether (sulfide) groups is 1. The Labute approximate surface area is 258 Å². The first-order chi connectivity index (χ1) is 20.9. The number of ether oxygens (including phenoxy) is 1. The molecule has 0 bridgehead atoms. The van der Waals surface area contributed by atoms with Crippen molar-refractivity contribution < 1.29 is 22.7 Å². The number of hydrogen-bond donors (Lipinski definition) is 1. The summed E-state index contributed by atoms with van der Waals surface area (Å²) in [5.41, 5.74) is 7.15. The van der Waals surface area contributed by atoms with Crippen LogP contribution in [0.4, 0.5) is 23.7 Å². The number of nitrogens with one attached hydrogen (secondary N) is 1. The largest absolute Gasteiger partial charge is 0.573 e. The number of anilines is 1. The van der Waals surface area contributed by atoms with Crippen LogP contribution in [-0.2, 0) is 6.42 Å². The fourth-order valence-corrected chi connectivity index (χ4v) is 6.17. The second-order valence-corrected chi connectivity index (χ2v) is 11.8. The molecule has 12 heteroatoms. The number of amidine groups is 1. The Morgan fingerprint density at radius 3 is 2.41 bits per heavy atom. The van der Waals surface area contributed by atoms with Crippen molar-refractivity contribution in [2.75, 3.05) is 17.2 Å². The molecule has 0 aliphatic carbocycles. The van der Waals surface area contributed by atoms with Gasteiger partial charge >= 0.3 is 12.4 Å². The smallest absolute Gasteiger partial charge is 0.406 e. The summed E-state index contributed by atoms with van der Waals surface area (Å²) >= 11 is 1.60. The van der Waals surface area contributed by atoms with E-state index in [1.165, 1.54) is 52.0 Å². The molecule has 4 aromatic rings. The molecule has 1 aliphatic rings. The molecule has 2 amide bonds. The lowest BCUT2D eigenvalue weighted by Crippen LogP contribution is -2.33. The number of carbonyl (C=O) groups excluding carboxylic acids is 1. The number of alkyl halides is 3. The van der Waals surface area contributed by atoms with Crippen LogP contribution in [-0.4, -0.2) is 50.7 Å². The SMILES string of the molecule is Cc1cc(C)c(N2CCSC2=NC(=O)NC(C)CCc2ccc(-c3ncn(-c4ccc(OC(F)(F)F)cc4)n3)cc2)c(C)c1. The van der Waals surface area contributed by atoms with Gasteiger partial charge in [0.1, 0.15) is 12.1 Å². The number of carbonyl (C=O) groups is 1. The van der Waals surface area contributed by atoms with Gasteiger partial charge in [-0.05, 0) is 81.5 Å². The summed E-state index contributed by atoms with van der Waals surface area (Å²) in [6.07, 6.45) is -1.74. The lowest BCUT2D eigenvalue weighted by molar-refractivity contribution is -0.274. The van der Waals surface area contributed by atoms with Gasteiger partial charge in [0, 0.05) is 29.6 Å². The van der Waals surface area contributed by atoms with E-state index in [-0.39, 0.29) is 17.8 Å². The molecular weight excluding hydrogens is 589 g/mol. The Balaban J connectivity index is 1.14. The number of aliphatic imine (C=N–C) groups is 1. The summed E-state index contributed by atoms with van der Waals surface area (Å²) in [6.45, 7) is 9.06. The van der Waals surface area contributed by atoms with Gasteiger partial charge < -0.3 is 15.0 Å². The van der Waals surface area contributed by atoms with E-state index in [1.54, 1.807) is 11.8 Å². The van der Waals surface area contributed by atoms with Gasteiger partial charge in [0.2, 0.25) is 0 Å². The Bertz CT molecular complexity index is 1630. The highest BCUT2D eigenvalue weighted by Gasteiger charge is 2.31. The Hall–Kier alpha value is -4.32. The molecule has 0 radical (unpaired) electrons. The number of aromatic nitrogens is 3. The van der Waals surface area contributed by atoms with E-state index in [0.717, 1.165) is 47.1 Å². The maximum Gasteiger partial charge on any atom is 0.573 e. The maximum absolute atomic E-state index is 12.8. The van der Waals surface area contributed by atoms with Crippen LogP contribution in [0, 0.1) is 20.8 Å². The van der Waals surface area contributed by atoms with Crippen LogP contribution < -0.4 is 15.0 Å². The highest BCUT2D eigenvalue weighted by atomic mass is 32.2. The van der Waals surface area contributed by atoms with E-state index in [2.05, 4.69) is 62.9 Å². The summed E-state index contributed by atoms with van der Waals surface area (Å²) in [5.74, 6) is 1.07. The minimum Gasteiger partial charge on any atom is -0.406 e. The zero-order chi connectivity index (χ0) is 31.4. The molecule has 1 N–H and O–H groups in total. The summed E-state index contributed by atoms with van der Waals surface area (Å²) in [6, 6.07) is 17.1. The zero-order valence-corrected chi connectivity index (χ0v) is 25.7. The average Bonchev–Trinajstić information content (AvgIpc) is 3.62. The number of nitrogens with zero attached hydrogens (tertiary/aromatic N) is 5. The topological polar surface area (TPSA) is 84.6 Å². The summed E-state index contributed by atoms with van der Waals surface area (Å²) in [7, 11) is 0. The van der Waals surface area contributed by atoms with E-state index in [1.807, 2.05) is 31.2 Å². The van der Waals surface area contributed by atoms with Crippen molar-refractivity contribution in [2.24, 2.45) is 4.99 Å². The molecule has 1 unspecified atom stereocenters. The first-order valence-corrected chi connectivity index (χ1v) is 15.2. The standard InChI is InChI=1S/C32H33F3N6O2S/c1-20-17-21(2)28(22(3)18-20)40-15-16-44-31(40)38-30(42)37-23(4)5-6-24-7-9-25(10-8-24)29-36-19-41(39-29)26-11-13-27(14-12-26)43-32(33,34)35/h7-14,17-19,23H,5-6,15-16H2,1-4H3,(H,37,42). The minimum atomic E-state index is -4.74. The van der Waals surface area contributed by atoms with Gasteiger partial charge in [-0.3, -0.25) is 0 Å². The molecule has 1 saturated heterocycles. The van der Waals surface area contributed by atoms with Crippen LogP contribution in [0.1, 0.15) is 35.6 Å². The van der Waals surface area contributed by atoms with Gasteiger partial charge in [-0.25, -0.2) is 14.5 Å². The fourth-order valence-electron chi connectivity index (χ4n) is 5.23. The molecule has 1 aliphatic heterocycles. The van der Waals surface area contributed by atoms with Gasteiger partial charge in [-0.1, -0.05) is 53.7 Å². The zero-order valence-electron chi connectivity index (χ0n) is 24.9. The molecule has 44 heavy (non-hydrogen) atoms. The van der Waals surface area contributed by atoms with Crippen LogP contribution >= 0.6 is 11.8 Å². The van der Waals surface area contributed by atoms with Crippen molar-refractivity contribution in [1.29, 1.82) is 0 Å². The molecule has 1 fully saturated rings. The molecule has 3 aromatic carbocycles. The number of aryl methyl sites for hydroxylation is 4. The van der Waals surface area contributed by atoms with Crippen LogP contribution in [0.5, 0.6) is 5.75 Å². The maximum atomic E-state index is 12.8. The lowest BCUT2D eigenvalue weighted by atomic mass is 10.0. The second-order valence-electron chi connectivity index (χ2n) is 10.8. The van der Waals surface area contributed by atoms with Crippen LogP contribution in [0.15, 0.2) is 72.0 Å². The average molecular weight is 623 g/mol. The van der Waals surface area contributed by atoms with Crippen molar-refractivity contribution in [2.45, 2.75) is 52.9 Å². The van der Waals surface area contributed by atoms with Gasteiger partial charge in [0.15, 0.2) is 11.0 Å². The number of urea groups is 1. The fraction of sp³-hybridized carbons (Fsp3) is 0.312. The molecule has 0 spiro atoms. The molecule has 230 valence electrons. The Kier molecular flexibility index (Phi) is 9.28. The molecule has 0 saturated carbocycles. The molecular formula is C32H33F3N6O2S. The van der Waals surface area contributed by atoms with Crippen molar-refractivity contribution in [1.82, 2.24) is 20.1 Å². The molecule has 8 nitrogen and oxygen atoms in total. The Morgan fingerprint density at radius 1 is 1.07 bits per heavy atom. The van der Waals surface area contributed by atoms with Crippen molar-refractivity contribution in [3.63, 3.8) is 0 Å². The van der Waals surface area contributed by atoms with Crippen LogP contribution in [0.25, 0.3) is 17.1 Å². The predicted octanol–water partition coefficient (Wildman–Crippen LogP) is 7.40. The molecule has 5 rings (SSSR count). The van der Waals surface area contributed by atoms with E-state index in [0.29, 0.717) is 11.5 Å². The van der Waals surface area contributed by atoms with Crippen LogP contribution in [0.3, 0.4) is 0 Å². The monoisotopic (exact) mass is 622 g/mol. The van der Waals surface area contributed by atoms with Gasteiger partial charge in [0.25, 0.3) is 0 Å². The highest BCUT2D eigenvalue weighted by Crippen LogP contribution is 2.32. The normalized spacial score (nSPS) is 15.1. The van der Waals surface area contributed by atoms with Crippen LogP contribution in [0.2, 0.25) is 0 Å². The third-order valence-electron chi connectivity index (χ3n) is 7.15. The van der Waals surface area contributed by atoms with Crippen molar-refractivity contribution >= 4 is 28.6 Å². The van der Waals surface area contributed by atoms with Gasteiger partial charge in [0.05, 0.1) is 5.69 Å². The number of halogens is 3. The number of rotatable bonds is 8. The third kappa shape index (κ3) is 7.79. The first-order valence-electron chi connectivity index (χ1n) is 14.2. The lowest BCUT2D eigenvalue weighted by Gasteiger charge is -2.23. The molecule has 2 heterocycles. The van der Waals surface area contributed by atoms with Gasteiger partial charge in [-0.2, -0.15) is 4.99 Å². The minimum absolute atomic E-state index is 0.0699. The quantitative estimate of drug-likeness (QED) is 0.221. The van der Waals surface area contributed by atoms with Crippen molar-refractivity contribution in [3.05, 3.63) is 89.2 Å². The third-order valence-corrected chi connectivity index (χ3v) is 8.11. The summed E-state index contributed by atoms with van der Waals surface area (Å²) in [5, 5.41) is 8.18. The Morgan fingerprint density at radius 2 is 1.75 bits per heavy atom. The first kappa shape index (κ1) is 31.1. The summed E-state index contributed by atoms with van der Waals surface area (Å²) in [4.78, 5) is 23.7. The highest BCUT2D eigenvalue weighted by molar-refractivity contribution is 8.14. The number of hydrogen-bond acceptors (Lipinski definition) is 5. The van der Waals surface area contributed by atoms with Crippen molar-refractivity contribution in [3.8, 4) is 22.8 Å². The van der Waals surface area contributed by atoms with E-state index < -0.39 is 6.36 Å². The van der Waals surface area contributed by atoms with Gasteiger partial charge in [-0.15, -0.1) is 18.3 Å². The van der Waals surface area contributed by atoms with E-state index in [9.17, 15) is 18.0 Å². The predicted molar refractivity (Wildman–Crippen MR) is 168 cm³/mol. The molecule has 1 atom stereocenters.